The molecule has 1 aliphatic carbocycles. The van der Waals surface area contributed by atoms with E-state index in [-0.39, 0.29) is 22.6 Å². The van der Waals surface area contributed by atoms with Gasteiger partial charge in [0.25, 0.3) is 0 Å². The number of rotatable bonds is 11. The van der Waals surface area contributed by atoms with E-state index < -0.39 is 0 Å². The number of benzene rings is 1. The van der Waals surface area contributed by atoms with Gasteiger partial charge in [-0.15, -0.1) is 0 Å². The molecule has 0 saturated heterocycles. The molecule has 1 amide bonds. The molecule has 30 heavy (non-hydrogen) atoms. The molecule has 1 aromatic carbocycles. The van der Waals surface area contributed by atoms with Crippen molar-refractivity contribution in [2.45, 2.75) is 64.2 Å². The Hall–Kier alpha value is -2.49. The zero-order valence-electron chi connectivity index (χ0n) is 18.2. The van der Waals surface area contributed by atoms with E-state index in [4.69, 9.17) is 0 Å². The van der Waals surface area contributed by atoms with Gasteiger partial charge in [-0.1, -0.05) is 44.5 Å². The van der Waals surface area contributed by atoms with Gasteiger partial charge in [-0.25, -0.2) is 4.39 Å². The summed E-state index contributed by atoms with van der Waals surface area (Å²) < 4.78 is 13.4. The standard InChI is InChI=1S/C26H33FN2O/c1-3-14-25(2,22-9-11-23(27)12-10-22)26(16-17-26)15-13-24(30)29-19-5-4-7-21-8-6-18-28-20-21/h6,8-13,15,18,20H,3-5,7,14,16-17,19H2,1-2H3,(H,29,30)/t25-/m1/s1. The molecule has 0 unspecified atom stereocenters. The molecule has 0 bridgehead atoms. The van der Waals surface area contributed by atoms with Crippen molar-refractivity contribution in [2.24, 2.45) is 5.41 Å². The second kappa shape index (κ2) is 10.0. The molecule has 1 atom stereocenters. The molecule has 1 aliphatic rings. The molecule has 3 rings (SSSR count). The van der Waals surface area contributed by atoms with Crippen LogP contribution in [0.25, 0.3) is 0 Å². The van der Waals surface area contributed by atoms with Gasteiger partial charge in [0, 0.05) is 24.4 Å². The lowest BCUT2D eigenvalue weighted by molar-refractivity contribution is -0.116. The maximum absolute atomic E-state index is 13.4. The van der Waals surface area contributed by atoms with Gasteiger partial charge >= 0.3 is 0 Å². The van der Waals surface area contributed by atoms with E-state index in [0.717, 1.165) is 50.5 Å². The average molecular weight is 409 g/mol. The SMILES string of the molecule is CCC[C@](C)(c1ccc(F)cc1)C1(C=CC(=O)NCCCCc2cccnc2)CC1. The Morgan fingerprint density at radius 2 is 2.00 bits per heavy atom. The minimum Gasteiger partial charge on any atom is -0.353 e. The fourth-order valence-corrected chi connectivity index (χ4v) is 4.54. The van der Waals surface area contributed by atoms with Gasteiger partial charge in [0.1, 0.15) is 5.82 Å². The highest BCUT2D eigenvalue weighted by Crippen LogP contribution is 2.62. The van der Waals surface area contributed by atoms with Crippen LogP contribution in [0.5, 0.6) is 0 Å². The van der Waals surface area contributed by atoms with Gasteiger partial charge in [-0.2, -0.15) is 0 Å². The van der Waals surface area contributed by atoms with Gasteiger partial charge in [-0.05, 0) is 79.3 Å². The number of pyridine rings is 1. The quantitative estimate of drug-likeness (QED) is 0.380. The van der Waals surface area contributed by atoms with E-state index in [2.05, 4.69) is 36.3 Å². The molecule has 1 N–H and O–H groups in total. The first-order valence-corrected chi connectivity index (χ1v) is 11.1. The summed E-state index contributed by atoms with van der Waals surface area (Å²) in [6.07, 6.45) is 14.6. The number of carbonyl (C=O) groups excluding carboxylic acids is 1. The minimum absolute atomic E-state index is 0.0154. The van der Waals surface area contributed by atoms with Crippen molar-refractivity contribution < 1.29 is 9.18 Å². The molecular formula is C26H33FN2O. The Morgan fingerprint density at radius 1 is 1.23 bits per heavy atom. The lowest BCUT2D eigenvalue weighted by atomic mass is 9.66. The second-order valence-corrected chi connectivity index (χ2v) is 8.69. The number of unbranched alkanes of at least 4 members (excludes halogenated alkanes) is 1. The first-order chi connectivity index (χ1) is 14.5. The van der Waals surface area contributed by atoms with E-state index in [1.807, 2.05) is 24.4 Å². The van der Waals surface area contributed by atoms with Crippen LogP contribution in [0.1, 0.15) is 63.5 Å². The minimum atomic E-state index is -0.208. The smallest absolute Gasteiger partial charge is 0.243 e. The molecular weight excluding hydrogens is 375 g/mol. The maximum Gasteiger partial charge on any atom is 0.243 e. The van der Waals surface area contributed by atoms with Crippen molar-refractivity contribution in [2.75, 3.05) is 6.54 Å². The molecule has 0 aliphatic heterocycles. The average Bonchev–Trinajstić information content (AvgIpc) is 3.55. The molecule has 1 aromatic heterocycles. The molecule has 0 spiro atoms. The normalized spacial score (nSPS) is 16.9. The van der Waals surface area contributed by atoms with Crippen LogP contribution in [-0.4, -0.2) is 17.4 Å². The summed E-state index contributed by atoms with van der Waals surface area (Å²) in [5.41, 5.74) is 2.29. The Morgan fingerprint density at radius 3 is 2.63 bits per heavy atom. The van der Waals surface area contributed by atoms with Crippen molar-refractivity contribution in [3.05, 3.63) is 77.9 Å². The summed E-state index contributed by atoms with van der Waals surface area (Å²) in [6.45, 7) is 5.12. The van der Waals surface area contributed by atoms with Crippen LogP contribution in [0.3, 0.4) is 0 Å². The number of halogens is 1. The Kier molecular flexibility index (Phi) is 7.41. The number of nitrogens with zero attached hydrogens (tertiary/aromatic N) is 1. The second-order valence-electron chi connectivity index (χ2n) is 8.69. The number of carbonyl (C=O) groups is 1. The van der Waals surface area contributed by atoms with Crippen molar-refractivity contribution in [1.82, 2.24) is 10.3 Å². The lowest BCUT2D eigenvalue weighted by Crippen LogP contribution is -2.33. The van der Waals surface area contributed by atoms with Crippen molar-refractivity contribution in [3.8, 4) is 0 Å². The van der Waals surface area contributed by atoms with Gasteiger partial charge in [0.15, 0.2) is 0 Å². The summed E-state index contributed by atoms with van der Waals surface area (Å²) >= 11 is 0. The summed E-state index contributed by atoms with van der Waals surface area (Å²) in [6, 6.07) is 10.9. The first-order valence-electron chi connectivity index (χ1n) is 11.1. The fraction of sp³-hybridized carbons (Fsp3) is 0.462. The largest absolute Gasteiger partial charge is 0.353 e. The highest BCUT2D eigenvalue weighted by Gasteiger charge is 2.54. The predicted octanol–water partition coefficient (Wildman–Crippen LogP) is 5.75. The van der Waals surface area contributed by atoms with Crippen molar-refractivity contribution >= 4 is 5.91 Å². The van der Waals surface area contributed by atoms with E-state index in [1.54, 1.807) is 24.4 Å². The Bertz CT molecular complexity index is 843. The molecule has 160 valence electrons. The number of hydrogen-bond donors (Lipinski definition) is 1. The van der Waals surface area contributed by atoms with Crippen LogP contribution in [0.15, 0.2) is 60.9 Å². The molecule has 1 heterocycles. The number of aryl methyl sites for hydroxylation is 1. The van der Waals surface area contributed by atoms with Crippen LogP contribution in [0.4, 0.5) is 4.39 Å². The third kappa shape index (κ3) is 5.35. The first kappa shape index (κ1) is 22.2. The van der Waals surface area contributed by atoms with Crippen LogP contribution >= 0.6 is 0 Å². The summed E-state index contributed by atoms with van der Waals surface area (Å²) in [5, 5.41) is 3.01. The molecule has 2 aromatic rings. The van der Waals surface area contributed by atoms with Gasteiger partial charge in [0.05, 0.1) is 0 Å². The monoisotopic (exact) mass is 408 g/mol. The fourth-order valence-electron chi connectivity index (χ4n) is 4.54. The zero-order chi connectivity index (χ0) is 21.5. The maximum atomic E-state index is 13.4. The van der Waals surface area contributed by atoms with Crippen LogP contribution in [-0.2, 0) is 16.6 Å². The number of aromatic nitrogens is 1. The third-order valence-corrected chi connectivity index (χ3v) is 6.59. The van der Waals surface area contributed by atoms with Gasteiger partial charge < -0.3 is 5.32 Å². The van der Waals surface area contributed by atoms with Crippen LogP contribution < -0.4 is 5.32 Å². The summed E-state index contributed by atoms with van der Waals surface area (Å²) in [4.78, 5) is 16.5. The molecule has 4 heteroatoms. The van der Waals surface area contributed by atoms with Crippen molar-refractivity contribution in [1.29, 1.82) is 0 Å². The number of nitrogens with one attached hydrogen (secondary N) is 1. The summed E-state index contributed by atoms with van der Waals surface area (Å²) in [7, 11) is 0. The number of hydrogen-bond acceptors (Lipinski definition) is 2. The topological polar surface area (TPSA) is 42.0 Å². The van der Waals surface area contributed by atoms with E-state index >= 15 is 0 Å². The van der Waals surface area contributed by atoms with Gasteiger partial charge in [0.2, 0.25) is 5.91 Å². The van der Waals surface area contributed by atoms with E-state index in [0.29, 0.717) is 6.54 Å². The zero-order valence-corrected chi connectivity index (χ0v) is 18.2. The van der Waals surface area contributed by atoms with E-state index in [9.17, 15) is 9.18 Å². The third-order valence-electron chi connectivity index (χ3n) is 6.59. The van der Waals surface area contributed by atoms with Crippen LogP contribution in [0.2, 0.25) is 0 Å². The predicted molar refractivity (Wildman–Crippen MR) is 120 cm³/mol. The van der Waals surface area contributed by atoms with Crippen molar-refractivity contribution in [3.63, 3.8) is 0 Å². The molecule has 3 nitrogen and oxygen atoms in total. The molecule has 1 saturated carbocycles. The highest BCUT2D eigenvalue weighted by molar-refractivity contribution is 5.87. The van der Waals surface area contributed by atoms with Crippen LogP contribution in [0, 0.1) is 11.2 Å². The molecule has 1 fully saturated rings. The Labute approximate surface area is 179 Å². The van der Waals surface area contributed by atoms with E-state index in [1.165, 1.54) is 5.56 Å². The summed E-state index contributed by atoms with van der Waals surface area (Å²) in [5.74, 6) is -0.235. The molecule has 0 radical (unpaired) electrons. The van der Waals surface area contributed by atoms with Gasteiger partial charge in [-0.3, -0.25) is 9.78 Å². The lowest BCUT2D eigenvalue weighted by Gasteiger charge is -2.37. The number of allylic oxidation sites excluding steroid dienone is 1. The number of amides is 1. The highest BCUT2D eigenvalue weighted by atomic mass is 19.1. The Balaban J connectivity index is 1.53.